The van der Waals surface area contributed by atoms with Crippen LogP contribution in [0.5, 0.6) is 0 Å². The van der Waals surface area contributed by atoms with Crippen molar-refractivity contribution in [3.8, 4) is 33.4 Å². The van der Waals surface area contributed by atoms with Crippen molar-refractivity contribution in [2.24, 2.45) is 9.98 Å². The lowest BCUT2D eigenvalue weighted by Gasteiger charge is -2.23. The third kappa shape index (κ3) is 5.49. The number of fused-ring (bicyclic) bond motifs is 3. The molecule has 0 saturated heterocycles. The fourth-order valence-corrected chi connectivity index (χ4v) is 6.65. The van der Waals surface area contributed by atoms with Gasteiger partial charge in [-0.15, -0.1) is 0 Å². The van der Waals surface area contributed by atoms with Gasteiger partial charge < -0.3 is 9.73 Å². The molecule has 1 unspecified atom stereocenters. The van der Waals surface area contributed by atoms with Gasteiger partial charge in [-0.05, 0) is 57.1 Å². The average Bonchev–Trinajstić information content (AvgIpc) is 3.57. The number of benzene rings is 7. The number of nitrogens with one attached hydrogen (secondary N) is 1. The van der Waals surface area contributed by atoms with E-state index in [1.807, 2.05) is 30.3 Å². The third-order valence-corrected chi connectivity index (χ3v) is 9.18. The van der Waals surface area contributed by atoms with Gasteiger partial charge in [0.15, 0.2) is 6.17 Å². The Labute approximate surface area is 284 Å². The number of furan rings is 1. The van der Waals surface area contributed by atoms with Gasteiger partial charge >= 0.3 is 0 Å². The molecule has 0 bridgehead atoms. The van der Waals surface area contributed by atoms with E-state index in [0.717, 1.165) is 72.6 Å². The van der Waals surface area contributed by atoms with Gasteiger partial charge in [0.1, 0.15) is 22.8 Å². The largest absolute Gasteiger partial charge is 0.456 e. The fraction of sp³-hybridized carbons (Fsp3) is 0.0222. The Kier molecular flexibility index (Phi) is 7.17. The maximum Gasteiger partial charge on any atom is 0.169 e. The number of amidine groups is 2. The van der Waals surface area contributed by atoms with Crippen molar-refractivity contribution in [3.63, 3.8) is 0 Å². The molecule has 2 heterocycles. The lowest BCUT2D eigenvalue weighted by Crippen LogP contribution is -2.36. The smallest absolute Gasteiger partial charge is 0.169 e. The highest BCUT2D eigenvalue weighted by Gasteiger charge is 2.24. The predicted molar refractivity (Wildman–Crippen MR) is 202 cm³/mol. The van der Waals surface area contributed by atoms with Gasteiger partial charge in [0.2, 0.25) is 0 Å². The summed E-state index contributed by atoms with van der Waals surface area (Å²) in [6.07, 6.45) is -0.428. The lowest BCUT2D eigenvalue weighted by atomic mass is 10.00. The van der Waals surface area contributed by atoms with Crippen LogP contribution in [0.3, 0.4) is 0 Å². The van der Waals surface area contributed by atoms with Gasteiger partial charge in [-0.25, -0.2) is 9.98 Å². The molecule has 1 N–H and O–H groups in total. The van der Waals surface area contributed by atoms with Gasteiger partial charge in [0, 0.05) is 21.9 Å². The van der Waals surface area contributed by atoms with Crippen molar-refractivity contribution >= 4 is 33.6 Å². The van der Waals surface area contributed by atoms with Crippen molar-refractivity contribution in [2.45, 2.75) is 6.17 Å². The number of rotatable bonds is 6. The molecule has 7 aromatic carbocycles. The molecule has 0 aliphatic carbocycles. The molecule has 8 aromatic rings. The lowest BCUT2D eigenvalue weighted by molar-refractivity contribution is 0.669. The maximum atomic E-state index is 6.47. The second-order valence-electron chi connectivity index (χ2n) is 12.2. The average molecular weight is 630 g/mol. The minimum atomic E-state index is -0.428. The summed E-state index contributed by atoms with van der Waals surface area (Å²) in [5.41, 5.74) is 11.6. The first-order chi connectivity index (χ1) is 24.3. The molecule has 0 spiro atoms. The van der Waals surface area contributed by atoms with Crippen LogP contribution in [0.25, 0.3) is 55.3 Å². The molecule has 232 valence electrons. The van der Waals surface area contributed by atoms with Crippen LogP contribution < -0.4 is 5.32 Å². The van der Waals surface area contributed by atoms with Gasteiger partial charge in [0.05, 0.1) is 0 Å². The fourth-order valence-electron chi connectivity index (χ4n) is 6.65. The molecule has 1 aliphatic heterocycles. The summed E-state index contributed by atoms with van der Waals surface area (Å²) in [7, 11) is 0. The van der Waals surface area contributed by atoms with Gasteiger partial charge in [-0.2, -0.15) is 0 Å². The highest BCUT2D eigenvalue weighted by atomic mass is 16.3. The summed E-state index contributed by atoms with van der Waals surface area (Å²) >= 11 is 0. The third-order valence-electron chi connectivity index (χ3n) is 9.18. The zero-order valence-electron chi connectivity index (χ0n) is 26.6. The molecule has 4 nitrogen and oxygen atoms in total. The van der Waals surface area contributed by atoms with Crippen LogP contribution in [0.1, 0.15) is 22.9 Å². The van der Waals surface area contributed by atoms with Crippen molar-refractivity contribution in [1.82, 2.24) is 5.32 Å². The van der Waals surface area contributed by atoms with E-state index in [1.165, 1.54) is 11.1 Å². The van der Waals surface area contributed by atoms with Crippen molar-refractivity contribution in [2.75, 3.05) is 0 Å². The first-order valence-corrected chi connectivity index (χ1v) is 16.5. The molecule has 49 heavy (non-hydrogen) atoms. The van der Waals surface area contributed by atoms with Crippen molar-refractivity contribution < 1.29 is 4.42 Å². The van der Waals surface area contributed by atoms with E-state index in [2.05, 4.69) is 151 Å². The highest BCUT2D eigenvalue weighted by molar-refractivity contribution is 6.23. The minimum Gasteiger partial charge on any atom is -0.456 e. The molecule has 0 amide bonds. The molecular weight excluding hydrogens is 599 g/mol. The van der Waals surface area contributed by atoms with Crippen LogP contribution in [0.15, 0.2) is 190 Å². The zero-order chi connectivity index (χ0) is 32.6. The number of nitrogens with zero attached hydrogens (tertiary/aromatic N) is 2. The van der Waals surface area contributed by atoms with Crippen LogP contribution in [-0.4, -0.2) is 11.7 Å². The standard InChI is InChI=1S/C45H31N3O/c1-4-11-30(12-5-1)33-19-23-35(24-20-33)43-46-44(36-25-21-34(22-26-36)31-13-6-2-7-14-31)48-45(47-43)39-17-10-18-40-42(39)38-28-27-37(29-41(38)49-40)32-15-8-3-9-16-32/h1-29,43H,(H,46,47,48). The minimum absolute atomic E-state index is 0.428. The van der Waals surface area contributed by atoms with Crippen LogP contribution in [-0.2, 0) is 0 Å². The molecular formula is C45H31N3O. The second kappa shape index (κ2) is 12.3. The number of hydrogen-bond donors (Lipinski definition) is 1. The van der Waals surface area contributed by atoms with Crippen LogP contribution in [0.2, 0.25) is 0 Å². The molecule has 0 saturated carbocycles. The molecule has 1 aliphatic rings. The van der Waals surface area contributed by atoms with Crippen LogP contribution in [0, 0.1) is 0 Å². The van der Waals surface area contributed by atoms with Crippen molar-refractivity contribution in [1.29, 1.82) is 0 Å². The molecule has 9 rings (SSSR count). The highest BCUT2D eigenvalue weighted by Crippen LogP contribution is 2.36. The Bertz CT molecular complexity index is 2480. The summed E-state index contributed by atoms with van der Waals surface area (Å²) in [5.74, 6) is 1.53. The Morgan fingerprint density at radius 2 is 0.918 bits per heavy atom. The Balaban J connectivity index is 1.14. The first kappa shape index (κ1) is 28.7. The van der Waals surface area contributed by atoms with Crippen LogP contribution >= 0.6 is 0 Å². The SMILES string of the molecule is c1ccc(-c2ccc(C3=NC(c4ccc(-c5ccccc5)cc4)N=C(c4cccc5oc6cc(-c7ccccc7)ccc6c45)N3)cc2)cc1. The molecule has 0 fully saturated rings. The van der Waals surface area contributed by atoms with E-state index in [1.54, 1.807) is 0 Å². The van der Waals surface area contributed by atoms with E-state index in [-0.39, 0.29) is 0 Å². The molecule has 1 aromatic heterocycles. The summed E-state index contributed by atoms with van der Waals surface area (Å²) < 4.78 is 6.47. The first-order valence-electron chi connectivity index (χ1n) is 16.5. The zero-order valence-corrected chi connectivity index (χ0v) is 26.6. The van der Waals surface area contributed by atoms with E-state index in [9.17, 15) is 0 Å². The Hall–Kier alpha value is -6.52. The van der Waals surface area contributed by atoms with Gasteiger partial charge in [-0.1, -0.05) is 158 Å². The van der Waals surface area contributed by atoms with Gasteiger partial charge in [0.25, 0.3) is 0 Å². The molecule has 1 atom stereocenters. The van der Waals surface area contributed by atoms with E-state index >= 15 is 0 Å². The number of hydrogen-bond acceptors (Lipinski definition) is 4. The summed E-state index contributed by atoms with van der Waals surface area (Å²) in [4.78, 5) is 10.4. The quantitative estimate of drug-likeness (QED) is 0.199. The van der Waals surface area contributed by atoms with E-state index < -0.39 is 6.17 Å². The monoisotopic (exact) mass is 629 g/mol. The van der Waals surface area contributed by atoms with Crippen LogP contribution in [0.4, 0.5) is 0 Å². The second-order valence-corrected chi connectivity index (χ2v) is 12.2. The molecule has 4 heteroatoms. The normalized spacial score (nSPS) is 14.3. The van der Waals surface area contributed by atoms with E-state index in [4.69, 9.17) is 14.4 Å². The Morgan fingerprint density at radius 1 is 0.408 bits per heavy atom. The number of aliphatic imine (C=N–C) groups is 2. The van der Waals surface area contributed by atoms with Crippen molar-refractivity contribution in [3.05, 3.63) is 193 Å². The Morgan fingerprint density at radius 3 is 1.55 bits per heavy atom. The predicted octanol–water partition coefficient (Wildman–Crippen LogP) is 11.1. The summed E-state index contributed by atoms with van der Waals surface area (Å²) in [5, 5.41) is 5.71. The van der Waals surface area contributed by atoms with Gasteiger partial charge in [-0.3, -0.25) is 0 Å². The maximum absolute atomic E-state index is 6.47. The summed E-state index contributed by atoms with van der Waals surface area (Å²) in [6, 6.07) is 61.0. The summed E-state index contributed by atoms with van der Waals surface area (Å²) in [6.45, 7) is 0. The van der Waals surface area contributed by atoms with E-state index in [0.29, 0.717) is 0 Å². The molecule has 0 radical (unpaired) electrons. The topological polar surface area (TPSA) is 49.9 Å².